The summed E-state index contributed by atoms with van der Waals surface area (Å²) in [6, 6.07) is 10.7. The highest BCUT2D eigenvalue weighted by atomic mass is 19.4. The maximum Gasteiger partial charge on any atom is 0.417 e. The Morgan fingerprint density at radius 1 is 1.05 bits per heavy atom. The number of nitrogens with zero attached hydrogens (tertiary/aromatic N) is 3. The lowest BCUT2D eigenvalue weighted by molar-refractivity contribution is -0.137. The molecule has 1 heterocycles. The van der Waals surface area contributed by atoms with Gasteiger partial charge in [-0.05, 0) is 42.0 Å². The van der Waals surface area contributed by atoms with Crippen LogP contribution in [0.2, 0.25) is 0 Å². The third-order valence-corrected chi connectivity index (χ3v) is 6.18. The minimum absolute atomic E-state index is 0.0270. The van der Waals surface area contributed by atoms with Gasteiger partial charge in [-0.25, -0.2) is 9.59 Å². The number of hydrogen-bond acceptors (Lipinski definition) is 8. The molecule has 0 radical (unpaired) electrons. The molecule has 43 heavy (non-hydrogen) atoms. The summed E-state index contributed by atoms with van der Waals surface area (Å²) in [5.74, 6) is -3.00. The lowest BCUT2D eigenvalue weighted by atomic mass is 9.95. The number of nitriles is 1. The van der Waals surface area contributed by atoms with E-state index >= 15 is 0 Å². The van der Waals surface area contributed by atoms with Gasteiger partial charge in [0.25, 0.3) is 5.91 Å². The van der Waals surface area contributed by atoms with Gasteiger partial charge in [-0.1, -0.05) is 11.2 Å². The van der Waals surface area contributed by atoms with E-state index in [4.69, 9.17) is 14.5 Å². The third-order valence-electron chi connectivity index (χ3n) is 6.18. The summed E-state index contributed by atoms with van der Waals surface area (Å²) >= 11 is 0. The predicted molar refractivity (Wildman–Crippen MR) is 146 cm³/mol. The van der Waals surface area contributed by atoms with Crippen molar-refractivity contribution in [3.05, 3.63) is 70.9 Å². The zero-order chi connectivity index (χ0) is 31.6. The normalized spacial score (nSPS) is 11.0. The van der Waals surface area contributed by atoms with Gasteiger partial charge in [-0.3, -0.25) is 14.5 Å². The number of aromatic nitrogens is 1. The number of halogens is 3. The number of carbonyl (C=O) groups is 4. The summed E-state index contributed by atoms with van der Waals surface area (Å²) in [4.78, 5) is 49.7. The molecule has 0 saturated heterocycles. The lowest BCUT2D eigenvalue weighted by Crippen LogP contribution is -2.26. The number of ether oxygens (including phenoxy) is 1. The largest absolute Gasteiger partial charge is 0.478 e. The van der Waals surface area contributed by atoms with Crippen LogP contribution in [0, 0.1) is 11.3 Å². The molecule has 0 fully saturated rings. The summed E-state index contributed by atoms with van der Waals surface area (Å²) < 4.78 is 52.9. The molecule has 220 valence electrons. The first-order valence-corrected chi connectivity index (χ1v) is 12.1. The lowest BCUT2D eigenvalue weighted by Gasteiger charge is -2.22. The third kappa shape index (κ3) is 6.07. The molecule has 0 aliphatic rings. The number of carboxylic acids is 1. The van der Waals surface area contributed by atoms with E-state index in [0.29, 0.717) is 0 Å². The summed E-state index contributed by atoms with van der Waals surface area (Å²) in [5, 5.41) is 26.9. The quantitative estimate of drug-likeness (QED) is 0.260. The van der Waals surface area contributed by atoms with Gasteiger partial charge in [0.15, 0.2) is 11.3 Å². The minimum Gasteiger partial charge on any atom is -0.478 e. The van der Waals surface area contributed by atoms with E-state index in [-0.39, 0.29) is 39.2 Å². The second-order valence-corrected chi connectivity index (χ2v) is 9.00. The van der Waals surface area contributed by atoms with E-state index < -0.39 is 52.4 Å². The average molecular weight is 595 g/mol. The predicted octanol–water partition coefficient (Wildman–Crippen LogP) is 5.50. The van der Waals surface area contributed by atoms with Crippen molar-refractivity contribution in [2.75, 3.05) is 29.7 Å². The molecule has 4 rings (SSSR count). The Bertz CT molecular complexity index is 1840. The summed E-state index contributed by atoms with van der Waals surface area (Å²) in [6.07, 6.45) is -5.85. The van der Waals surface area contributed by atoms with Crippen molar-refractivity contribution in [1.29, 1.82) is 5.26 Å². The first-order chi connectivity index (χ1) is 20.2. The molecule has 0 saturated carbocycles. The van der Waals surface area contributed by atoms with Crippen molar-refractivity contribution in [3.63, 3.8) is 0 Å². The van der Waals surface area contributed by atoms with E-state index in [2.05, 4.69) is 15.8 Å². The summed E-state index contributed by atoms with van der Waals surface area (Å²) in [7, 11) is 2.32. The molecule has 1 aromatic heterocycles. The smallest absolute Gasteiger partial charge is 0.417 e. The molecule has 3 N–H and O–H groups in total. The van der Waals surface area contributed by atoms with Gasteiger partial charge in [0, 0.05) is 31.3 Å². The fraction of sp³-hybridized carbons (Fsp3) is 0.143. The van der Waals surface area contributed by atoms with Crippen LogP contribution in [0.4, 0.5) is 35.0 Å². The van der Waals surface area contributed by atoms with Crippen molar-refractivity contribution in [1.82, 2.24) is 5.16 Å². The molecule has 0 aliphatic heterocycles. The number of amides is 3. The standard InChI is InChI=1S/C28H20F3N5O7/c1-13(37)33-15-5-6-16(20(9-15)28(29,30)31)17-10-19-23(11-22(17)36(2)27(41)42-3)43-35-24(19)25(38)34-21-7-4-14(12-32)8-18(21)26(39)40/h4-11H,1-3H3,(H,33,37)(H,34,38)(H,39,40). The maximum absolute atomic E-state index is 14.3. The molecule has 0 atom stereocenters. The van der Waals surface area contributed by atoms with Crippen molar-refractivity contribution >= 4 is 51.9 Å². The molecule has 4 aromatic rings. The average Bonchev–Trinajstić information content (AvgIpc) is 3.38. The van der Waals surface area contributed by atoms with Gasteiger partial charge in [-0.2, -0.15) is 18.4 Å². The van der Waals surface area contributed by atoms with Crippen LogP contribution < -0.4 is 15.5 Å². The number of alkyl halides is 3. The Labute approximate surface area is 240 Å². The van der Waals surface area contributed by atoms with E-state index in [1.54, 1.807) is 6.07 Å². The van der Waals surface area contributed by atoms with Gasteiger partial charge in [-0.15, -0.1) is 0 Å². The molecule has 0 unspecified atom stereocenters. The highest BCUT2D eigenvalue weighted by Gasteiger charge is 2.36. The first kappa shape index (κ1) is 30.1. The number of benzene rings is 3. The zero-order valence-electron chi connectivity index (χ0n) is 22.5. The van der Waals surface area contributed by atoms with Crippen LogP contribution in [-0.4, -0.2) is 48.3 Å². The molecule has 0 bridgehead atoms. The van der Waals surface area contributed by atoms with Gasteiger partial charge in [0.05, 0.1) is 46.6 Å². The fourth-order valence-electron chi connectivity index (χ4n) is 4.24. The SMILES string of the molecule is COC(=O)N(C)c1cc2onc(C(=O)Nc3ccc(C#N)cc3C(=O)O)c2cc1-c1ccc(NC(C)=O)cc1C(F)(F)F. The highest BCUT2D eigenvalue weighted by Crippen LogP contribution is 2.43. The maximum atomic E-state index is 14.3. The number of hydrogen-bond donors (Lipinski definition) is 3. The van der Waals surface area contributed by atoms with Crippen LogP contribution >= 0.6 is 0 Å². The Morgan fingerprint density at radius 2 is 1.77 bits per heavy atom. The number of nitrogens with one attached hydrogen (secondary N) is 2. The van der Waals surface area contributed by atoms with E-state index in [1.807, 2.05) is 0 Å². The minimum atomic E-state index is -4.92. The number of anilines is 3. The van der Waals surface area contributed by atoms with Crippen LogP contribution in [0.1, 0.15) is 38.9 Å². The van der Waals surface area contributed by atoms with Crippen molar-refractivity contribution in [2.24, 2.45) is 0 Å². The van der Waals surface area contributed by atoms with Crippen molar-refractivity contribution in [3.8, 4) is 17.2 Å². The topological polar surface area (TPSA) is 175 Å². The van der Waals surface area contributed by atoms with E-state index in [1.165, 1.54) is 31.3 Å². The Hall–Kier alpha value is -5.91. The molecule has 3 aromatic carbocycles. The van der Waals surface area contributed by atoms with Crippen molar-refractivity contribution in [2.45, 2.75) is 13.1 Å². The first-order valence-electron chi connectivity index (χ1n) is 12.1. The number of aromatic carboxylic acids is 1. The number of rotatable bonds is 6. The van der Waals surface area contributed by atoms with Crippen LogP contribution in [0.15, 0.2) is 53.1 Å². The summed E-state index contributed by atoms with van der Waals surface area (Å²) in [5.41, 5.74) is -3.03. The van der Waals surface area contributed by atoms with Gasteiger partial charge >= 0.3 is 18.2 Å². The monoisotopic (exact) mass is 595 g/mol. The molecular formula is C28H20F3N5O7. The molecule has 15 heteroatoms. The number of carbonyl (C=O) groups excluding carboxylic acids is 3. The van der Waals surface area contributed by atoms with E-state index in [0.717, 1.165) is 43.2 Å². The summed E-state index contributed by atoms with van der Waals surface area (Å²) in [6.45, 7) is 1.13. The van der Waals surface area contributed by atoms with Gasteiger partial charge in [0.1, 0.15) is 0 Å². The Balaban J connectivity index is 1.92. The van der Waals surface area contributed by atoms with E-state index in [9.17, 15) is 37.5 Å². The van der Waals surface area contributed by atoms with Gasteiger partial charge < -0.3 is 25.0 Å². The Morgan fingerprint density at radius 3 is 2.37 bits per heavy atom. The fourth-order valence-corrected chi connectivity index (χ4v) is 4.24. The molecule has 3 amide bonds. The second-order valence-electron chi connectivity index (χ2n) is 9.00. The number of fused-ring (bicyclic) bond motifs is 1. The number of methoxy groups -OCH3 is 1. The number of carboxylic acid groups (broad SMARTS) is 1. The molecular weight excluding hydrogens is 575 g/mol. The van der Waals surface area contributed by atoms with Crippen LogP contribution in [-0.2, 0) is 15.7 Å². The zero-order valence-corrected chi connectivity index (χ0v) is 22.5. The second kappa shape index (κ2) is 11.5. The van der Waals surface area contributed by atoms with Crippen LogP contribution in [0.3, 0.4) is 0 Å². The van der Waals surface area contributed by atoms with Crippen molar-refractivity contribution < 1.29 is 46.7 Å². The van der Waals surface area contributed by atoms with Crippen LogP contribution in [0.5, 0.6) is 0 Å². The highest BCUT2D eigenvalue weighted by molar-refractivity contribution is 6.14. The molecule has 12 nitrogen and oxygen atoms in total. The molecule has 0 aliphatic carbocycles. The molecule has 0 spiro atoms. The van der Waals surface area contributed by atoms with Gasteiger partial charge in [0.2, 0.25) is 5.91 Å². The van der Waals surface area contributed by atoms with Crippen LogP contribution in [0.25, 0.3) is 22.1 Å². The Kier molecular flexibility index (Phi) is 8.06.